The van der Waals surface area contributed by atoms with E-state index in [9.17, 15) is 4.79 Å². The summed E-state index contributed by atoms with van der Waals surface area (Å²) in [6.07, 6.45) is 6.80. The summed E-state index contributed by atoms with van der Waals surface area (Å²) < 4.78 is 7.22. The number of pyridine rings is 1. The van der Waals surface area contributed by atoms with Crippen LogP contribution in [0.25, 0.3) is 10.9 Å². The minimum Gasteiger partial charge on any atom is -0.497 e. The van der Waals surface area contributed by atoms with Gasteiger partial charge in [-0.3, -0.25) is 9.69 Å². The van der Waals surface area contributed by atoms with Crippen LogP contribution < -0.4 is 10.3 Å². The molecule has 1 aliphatic carbocycles. The van der Waals surface area contributed by atoms with Crippen molar-refractivity contribution in [3.8, 4) is 5.75 Å². The number of H-pyrrole nitrogens is 1. The highest BCUT2D eigenvalue weighted by atomic mass is 16.5. The molecule has 32 heavy (non-hydrogen) atoms. The number of nitrogens with zero attached hydrogens (tertiary/aromatic N) is 5. The first kappa shape index (κ1) is 22.5. The summed E-state index contributed by atoms with van der Waals surface area (Å²) in [5.74, 6) is 1.42. The van der Waals surface area contributed by atoms with Gasteiger partial charge in [0.05, 0.1) is 18.2 Å². The minimum atomic E-state index is -0.339. The molecule has 0 bridgehead atoms. The molecule has 2 aromatic heterocycles. The molecule has 0 amide bonds. The van der Waals surface area contributed by atoms with E-state index >= 15 is 0 Å². The number of ether oxygens (including phenoxy) is 1. The molecule has 1 N–H and O–H groups in total. The Hall–Kier alpha value is -2.74. The maximum atomic E-state index is 13.4. The minimum absolute atomic E-state index is 0.123. The summed E-state index contributed by atoms with van der Waals surface area (Å²) in [6, 6.07) is 7.77. The van der Waals surface area contributed by atoms with Crippen molar-refractivity contribution in [1.82, 2.24) is 30.1 Å². The molecule has 1 atom stereocenters. The van der Waals surface area contributed by atoms with E-state index < -0.39 is 0 Å². The Kier molecular flexibility index (Phi) is 6.33. The normalized spacial score (nSPS) is 16.6. The van der Waals surface area contributed by atoms with Gasteiger partial charge in [0.15, 0.2) is 5.82 Å². The lowest BCUT2D eigenvalue weighted by Crippen LogP contribution is -2.42. The molecule has 172 valence electrons. The number of aromatic nitrogens is 5. The van der Waals surface area contributed by atoms with Gasteiger partial charge in [0.25, 0.3) is 5.56 Å². The van der Waals surface area contributed by atoms with E-state index in [4.69, 9.17) is 4.74 Å². The fourth-order valence-corrected chi connectivity index (χ4v) is 4.71. The Morgan fingerprint density at radius 1 is 1.25 bits per heavy atom. The van der Waals surface area contributed by atoms with Crippen molar-refractivity contribution in [3.05, 3.63) is 46.0 Å². The molecule has 4 rings (SSSR count). The lowest BCUT2D eigenvalue weighted by atomic mass is 9.91. The van der Waals surface area contributed by atoms with Gasteiger partial charge >= 0.3 is 0 Å². The predicted molar refractivity (Wildman–Crippen MR) is 125 cm³/mol. The molecule has 0 unspecified atom stereocenters. The molecule has 0 radical (unpaired) electrons. The fourth-order valence-electron chi connectivity index (χ4n) is 4.71. The highest BCUT2D eigenvalue weighted by molar-refractivity contribution is 5.80. The highest BCUT2D eigenvalue weighted by Crippen LogP contribution is 2.34. The first-order chi connectivity index (χ1) is 15.4. The van der Waals surface area contributed by atoms with Crippen LogP contribution >= 0.6 is 0 Å². The maximum absolute atomic E-state index is 13.4. The van der Waals surface area contributed by atoms with Gasteiger partial charge in [0.1, 0.15) is 11.8 Å². The van der Waals surface area contributed by atoms with E-state index in [2.05, 4.69) is 53.2 Å². The maximum Gasteiger partial charge on any atom is 0.253 e. The van der Waals surface area contributed by atoms with Crippen LogP contribution in [0.4, 0.5) is 0 Å². The highest BCUT2D eigenvalue weighted by Gasteiger charge is 2.35. The number of rotatable bonds is 7. The van der Waals surface area contributed by atoms with E-state index in [0.29, 0.717) is 23.2 Å². The van der Waals surface area contributed by atoms with Crippen LogP contribution in [0.3, 0.4) is 0 Å². The van der Waals surface area contributed by atoms with E-state index in [-0.39, 0.29) is 17.1 Å². The van der Waals surface area contributed by atoms with Crippen molar-refractivity contribution in [2.75, 3.05) is 14.2 Å². The molecule has 3 aromatic rings. The van der Waals surface area contributed by atoms with Crippen LogP contribution in [0.15, 0.2) is 29.1 Å². The van der Waals surface area contributed by atoms with Gasteiger partial charge in [-0.05, 0) is 74.2 Å². The van der Waals surface area contributed by atoms with E-state index in [1.54, 1.807) is 7.11 Å². The lowest BCUT2D eigenvalue weighted by Gasteiger charge is -2.37. The Balaban J connectivity index is 1.88. The molecule has 8 heteroatoms. The molecule has 2 heterocycles. The number of benzene rings is 1. The Morgan fingerprint density at radius 3 is 2.69 bits per heavy atom. The van der Waals surface area contributed by atoms with Crippen LogP contribution in [0.1, 0.15) is 76.7 Å². The van der Waals surface area contributed by atoms with Crippen LogP contribution in [0.5, 0.6) is 5.75 Å². The van der Waals surface area contributed by atoms with E-state index in [1.165, 1.54) is 19.3 Å². The largest absolute Gasteiger partial charge is 0.497 e. The number of nitrogens with one attached hydrogen (secondary N) is 1. The molecule has 1 fully saturated rings. The summed E-state index contributed by atoms with van der Waals surface area (Å²) in [6.45, 7) is 6.38. The smallest absolute Gasteiger partial charge is 0.253 e. The third-order valence-corrected chi connectivity index (χ3v) is 7.11. The van der Waals surface area contributed by atoms with Gasteiger partial charge in [0.2, 0.25) is 0 Å². The van der Waals surface area contributed by atoms with Gasteiger partial charge in [-0.1, -0.05) is 26.2 Å². The zero-order chi connectivity index (χ0) is 22.9. The summed E-state index contributed by atoms with van der Waals surface area (Å²) in [7, 11) is 3.73. The second-order valence-corrected chi connectivity index (χ2v) is 9.48. The van der Waals surface area contributed by atoms with Gasteiger partial charge in [-0.25, -0.2) is 4.68 Å². The molecular weight excluding hydrogens is 404 g/mol. The summed E-state index contributed by atoms with van der Waals surface area (Å²) >= 11 is 0. The van der Waals surface area contributed by atoms with Gasteiger partial charge in [-0.2, -0.15) is 0 Å². The summed E-state index contributed by atoms with van der Waals surface area (Å²) in [5.41, 5.74) is 1.04. The third kappa shape index (κ3) is 4.16. The first-order valence-electron chi connectivity index (χ1n) is 11.6. The van der Waals surface area contributed by atoms with Crippen LogP contribution in [-0.2, 0) is 5.54 Å². The first-order valence-corrected chi connectivity index (χ1v) is 11.6. The van der Waals surface area contributed by atoms with Crippen LogP contribution in [0, 0.1) is 0 Å². The SMILES string of the molecule is CCC(C)(C)n1nnnc1[C@@H](c1cc2ccc(OC)cc2[nH]c1=O)N(C)C1CCCCC1. The summed E-state index contributed by atoms with van der Waals surface area (Å²) in [4.78, 5) is 18.8. The average molecular weight is 439 g/mol. The van der Waals surface area contributed by atoms with Crippen molar-refractivity contribution >= 4 is 10.9 Å². The van der Waals surface area contributed by atoms with Crippen molar-refractivity contribution in [3.63, 3.8) is 0 Å². The molecule has 1 aliphatic rings. The number of tetrazole rings is 1. The standard InChI is InChI=1S/C24H34N6O2/c1-6-24(2,3)30-22(26-27-28-30)21(29(4)17-10-8-7-9-11-17)19-14-16-12-13-18(32-5)15-20(16)25-23(19)31/h12-15,17,21H,6-11H2,1-5H3,(H,25,31)/t21-/m1/s1. The fraction of sp³-hybridized carbons (Fsp3) is 0.583. The van der Waals surface area contributed by atoms with Crippen molar-refractivity contribution in [1.29, 1.82) is 0 Å². The number of hydrogen-bond donors (Lipinski definition) is 1. The number of fused-ring (bicyclic) bond motifs is 1. The van der Waals surface area contributed by atoms with Crippen LogP contribution in [0.2, 0.25) is 0 Å². The monoisotopic (exact) mass is 438 g/mol. The summed E-state index contributed by atoms with van der Waals surface area (Å²) in [5, 5.41) is 13.8. The molecule has 0 saturated heterocycles. The molecule has 1 saturated carbocycles. The Bertz CT molecular complexity index is 1130. The van der Waals surface area contributed by atoms with Gasteiger partial charge < -0.3 is 9.72 Å². The second-order valence-electron chi connectivity index (χ2n) is 9.48. The van der Waals surface area contributed by atoms with E-state index in [0.717, 1.165) is 30.2 Å². The van der Waals surface area contributed by atoms with E-state index in [1.807, 2.05) is 28.9 Å². The lowest BCUT2D eigenvalue weighted by molar-refractivity contribution is 0.142. The second kappa shape index (κ2) is 9.02. The molecule has 0 aliphatic heterocycles. The topological polar surface area (TPSA) is 88.9 Å². The van der Waals surface area contributed by atoms with Crippen LogP contribution in [-0.4, -0.2) is 50.3 Å². The predicted octanol–water partition coefficient (Wildman–Crippen LogP) is 4.02. The Morgan fingerprint density at radius 2 is 2.00 bits per heavy atom. The van der Waals surface area contributed by atoms with Crippen molar-refractivity contribution in [2.24, 2.45) is 0 Å². The number of hydrogen-bond acceptors (Lipinski definition) is 6. The van der Waals surface area contributed by atoms with Gasteiger partial charge in [0, 0.05) is 17.7 Å². The average Bonchev–Trinajstić information content (AvgIpc) is 3.30. The van der Waals surface area contributed by atoms with Gasteiger partial charge in [-0.15, -0.1) is 5.10 Å². The zero-order valence-corrected chi connectivity index (χ0v) is 19.8. The van der Waals surface area contributed by atoms with Crippen molar-refractivity contribution < 1.29 is 4.74 Å². The molecular formula is C24H34N6O2. The number of methoxy groups -OCH3 is 1. The zero-order valence-electron chi connectivity index (χ0n) is 19.8. The molecule has 1 aromatic carbocycles. The Labute approximate surface area is 189 Å². The molecule has 8 nitrogen and oxygen atoms in total. The quantitative estimate of drug-likeness (QED) is 0.599. The molecule has 0 spiro atoms. The third-order valence-electron chi connectivity index (χ3n) is 7.11. The van der Waals surface area contributed by atoms with Crippen molar-refractivity contribution in [2.45, 2.75) is 76.9 Å². The number of aromatic amines is 1.